The molecule has 1 aromatic carbocycles. The summed E-state index contributed by atoms with van der Waals surface area (Å²) in [5.41, 5.74) is 0.106. The average molecular weight is 340 g/mol. The summed E-state index contributed by atoms with van der Waals surface area (Å²) in [7, 11) is 0. The van der Waals surface area contributed by atoms with Gasteiger partial charge in [-0.2, -0.15) is 5.10 Å². The van der Waals surface area contributed by atoms with Crippen LogP contribution in [0.25, 0.3) is 0 Å². The van der Waals surface area contributed by atoms with Crippen LogP contribution in [0.2, 0.25) is 0 Å². The van der Waals surface area contributed by atoms with Gasteiger partial charge in [-0.05, 0) is 41.9 Å². The van der Waals surface area contributed by atoms with E-state index in [1.54, 1.807) is 16.8 Å². The van der Waals surface area contributed by atoms with Crippen LogP contribution in [0.1, 0.15) is 36.1 Å². The van der Waals surface area contributed by atoms with Crippen molar-refractivity contribution in [1.29, 1.82) is 0 Å². The van der Waals surface area contributed by atoms with Crippen LogP contribution >= 0.6 is 15.9 Å². The third kappa shape index (κ3) is 2.98. The Morgan fingerprint density at radius 3 is 2.90 bits per heavy atom. The van der Waals surface area contributed by atoms with E-state index in [-0.39, 0.29) is 18.2 Å². The first-order chi connectivity index (χ1) is 9.50. The predicted molar refractivity (Wildman–Crippen MR) is 75.8 cm³/mol. The van der Waals surface area contributed by atoms with Gasteiger partial charge >= 0.3 is 5.97 Å². The first-order valence-corrected chi connectivity index (χ1v) is 6.83. The van der Waals surface area contributed by atoms with Gasteiger partial charge in [0.25, 0.3) is 0 Å². The quantitative estimate of drug-likeness (QED) is 0.906. The Morgan fingerprint density at radius 1 is 1.50 bits per heavy atom. The maximum Gasteiger partial charge on any atom is 0.339 e. The van der Waals surface area contributed by atoms with Crippen molar-refractivity contribution in [2.45, 2.75) is 26.5 Å². The second kappa shape index (κ2) is 6.04. The number of benzene rings is 1. The van der Waals surface area contributed by atoms with Crippen LogP contribution in [0.5, 0.6) is 5.75 Å². The molecular formula is C13H14BrN3O3. The monoisotopic (exact) mass is 339 g/mol. The molecule has 0 amide bonds. The van der Waals surface area contributed by atoms with Crippen LogP contribution in [0.3, 0.4) is 0 Å². The minimum Gasteiger partial charge on any atom is -0.484 e. The maximum absolute atomic E-state index is 11.2. The van der Waals surface area contributed by atoms with Gasteiger partial charge < -0.3 is 9.84 Å². The molecule has 1 aromatic heterocycles. The van der Waals surface area contributed by atoms with Crippen molar-refractivity contribution in [2.24, 2.45) is 0 Å². The largest absolute Gasteiger partial charge is 0.484 e. The van der Waals surface area contributed by atoms with Crippen molar-refractivity contribution in [3.8, 4) is 5.75 Å². The molecular weight excluding hydrogens is 326 g/mol. The maximum atomic E-state index is 11.2. The third-order valence-corrected chi connectivity index (χ3v) is 3.30. The van der Waals surface area contributed by atoms with E-state index in [4.69, 9.17) is 9.84 Å². The van der Waals surface area contributed by atoms with Crippen molar-refractivity contribution in [1.82, 2.24) is 14.8 Å². The Morgan fingerprint density at radius 2 is 2.25 bits per heavy atom. The van der Waals surface area contributed by atoms with E-state index >= 15 is 0 Å². The number of hydrogen-bond donors (Lipinski definition) is 1. The molecule has 0 spiro atoms. The van der Waals surface area contributed by atoms with Crippen molar-refractivity contribution >= 4 is 21.9 Å². The molecule has 0 saturated carbocycles. The van der Waals surface area contributed by atoms with Crippen LogP contribution < -0.4 is 4.74 Å². The van der Waals surface area contributed by atoms with Crippen LogP contribution in [0, 0.1) is 0 Å². The lowest BCUT2D eigenvalue weighted by Crippen LogP contribution is -2.12. The molecule has 0 bridgehead atoms. The number of rotatable bonds is 5. The van der Waals surface area contributed by atoms with Crippen LogP contribution in [0.15, 0.2) is 29.0 Å². The van der Waals surface area contributed by atoms with E-state index in [0.29, 0.717) is 16.0 Å². The fourth-order valence-electron chi connectivity index (χ4n) is 1.77. The fourth-order valence-corrected chi connectivity index (χ4v) is 2.25. The topological polar surface area (TPSA) is 77.2 Å². The van der Waals surface area contributed by atoms with Gasteiger partial charge in [0.05, 0.1) is 4.47 Å². The van der Waals surface area contributed by atoms with Crippen LogP contribution in [0.4, 0.5) is 0 Å². The number of aromatic nitrogens is 3. The van der Waals surface area contributed by atoms with E-state index in [1.165, 1.54) is 12.4 Å². The smallest absolute Gasteiger partial charge is 0.339 e. The number of aromatic carboxylic acids is 1. The SMILES string of the molecule is CC(C)n1ncnc1COc1c(Br)cccc1C(=O)O. The highest BCUT2D eigenvalue weighted by Crippen LogP contribution is 2.29. The zero-order chi connectivity index (χ0) is 14.7. The molecule has 6 nitrogen and oxygen atoms in total. The molecule has 0 radical (unpaired) electrons. The number of ether oxygens (including phenoxy) is 1. The first kappa shape index (κ1) is 14.5. The highest BCUT2D eigenvalue weighted by Gasteiger charge is 2.16. The van der Waals surface area contributed by atoms with Crippen molar-refractivity contribution in [2.75, 3.05) is 0 Å². The van der Waals surface area contributed by atoms with E-state index in [1.807, 2.05) is 13.8 Å². The number of hydrogen-bond acceptors (Lipinski definition) is 4. The molecule has 106 valence electrons. The molecule has 2 rings (SSSR count). The minimum atomic E-state index is -1.04. The summed E-state index contributed by atoms with van der Waals surface area (Å²) >= 11 is 3.30. The van der Waals surface area contributed by atoms with Crippen molar-refractivity contribution in [3.05, 3.63) is 40.4 Å². The van der Waals surface area contributed by atoms with E-state index < -0.39 is 5.97 Å². The second-order valence-corrected chi connectivity index (χ2v) is 5.28. The Hall–Kier alpha value is -1.89. The number of halogens is 1. The molecule has 20 heavy (non-hydrogen) atoms. The van der Waals surface area contributed by atoms with Gasteiger partial charge in [0.2, 0.25) is 0 Å². The predicted octanol–water partition coefficient (Wildman–Crippen LogP) is 2.90. The van der Waals surface area contributed by atoms with Crippen molar-refractivity contribution in [3.63, 3.8) is 0 Å². The highest BCUT2D eigenvalue weighted by molar-refractivity contribution is 9.10. The summed E-state index contributed by atoms with van der Waals surface area (Å²) < 4.78 is 7.94. The van der Waals surface area contributed by atoms with Gasteiger partial charge in [0.15, 0.2) is 5.82 Å². The Balaban J connectivity index is 2.23. The van der Waals surface area contributed by atoms with Crippen molar-refractivity contribution < 1.29 is 14.6 Å². The first-order valence-electron chi connectivity index (χ1n) is 6.03. The molecule has 0 saturated heterocycles. The zero-order valence-corrected chi connectivity index (χ0v) is 12.7. The molecule has 0 aliphatic carbocycles. The molecule has 2 aromatic rings. The summed E-state index contributed by atoms with van der Waals surface area (Å²) in [6.45, 7) is 4.12. The molecule has 1 heterocycles. The van der Waals surface area contributed by atoms with Gasteiger partial charge in [-0.1, -0.05) is 6.07 Å². The summed E-state index contributed by atoms with van der Waals surface area (Å²) in [5.74, 6) is -0.1000. The summed E-state index contributed by atoms with van der Waals surface area (Å²) in [6, 6.07) is 5.04. The van der Waals surface area contributed by atoms with Crippen LogP contribution in [-0.4, -0.2) is 25.8 Å². The third-order valence-electron chi connectivity index (χ3n) is 2.68. The molecule has 1 N–H and O–H groups in total. The van der Waals surface area contributed by atoms with Gasteiger partial charge in [-0.15, -0.1) is 0 Å². The summed E-state index contributed by atoms with van der Waals surface area (Å²) in [5, 5.41) is 13.3. The minimum absolute atomic E-state index is 0.106. The normalized spacial score (nSPS) is 10.8. The lowest BCUT2D eigenvalue weighted by atomic mass is 10.2. The number of carboxylic acids is 1. The summed E-state index contributed by atoms with van der Waals surface area (Å²) in [6.07, 6.45) is 1.46. The molecule has 7 heteroatoms. The second-order valence-electron chi connectivity index (χ2n) is 4.42. The van der Waals surface area contributed by atoms with Gasteiger partial charge in [0.1, 0.15) is 24.2 Å². The average Bonchev–Trinajstić information content (AvgIpc) is 2.85. The lowest BCUT2D eigenvalue weighted by Gasteiger charge is -2.13. The standard InChI is InChI=1S/C13H14BrN3O3/c1-8(2)17-11(15-7-16-17)6-20-12-9(13(18)19)4-3-5-10(12)14/h3-5,7-8H,6H2,1-2H3,(H,18,19). The van der Waals surface area contributed by atoms with E-state index in [2.05, 4.69) is 26.0 Å². The van der Waals surface area contributed by atoms with E-state index in [9.17, 15) is 4.79 Å². The molecule has 0 atom stereocenters. The Labute approximate surface area is 124 Å². The Kier molecular flexibility index (Phi) is 4.39. The van der Waals surface area contributed by atoms with Gasteiger partial charge in [-0.3, -0.25) is 0 Å². The molecule has 0 aliphatic heterocycles. The number of carbonyl (C=O) groups is 1. The highest BCUT2D eigenvalue weighted by atomic mass is 79.9. The number of nitrogens with zero attached hydrogens (tertiary/aromatic N) is 3. The molecule has 0 fully saturated rings. The number of para-hydroxylation sites is 1. The number of carboxylic acid groups (broad SMARTS) is 1. The zero-order valence-electron chi connectivity index (χ0n) is 11.1. The van der Waals surface area contributed by atoms with Crippen LogP contribution in [-0.2, 0) is 6.61 Å². The lowest BCUT2D eigenvalue weighted by molar-refractivity contribution is 0.0691. The van der Waals surface area contributed by atoms with E-state index in [0.717, 1.165) is 0 Å². The fraction of sp³-hybridized carbons (Fsp3) is 0.308. The van der Waals surface area contributed by atoms with Gasteiger partial charge in [0, 0.05) is 6.04 Å². The van der Waals surface area contributed by atoms with Gasteiger partial charge in [-0.25, -0.2) is 14.5 Å². The molecule has 0 unspecified atom stereocenters. The molecule has 0 aliphatic rings. The summed E-state index contributed by atoms with van der Waals surface area (Å²) in [4.78, 5) is 15.3. The Bertz CT molecular complexity index is 625.